The van der Waals surface area contributed by atoms with Crippen LogP contribution in [0.15, 0.2) is 36.7 Å². The van der Waals surface area contributed by atoms with Gasteiger partial charge >= 0.3 is 6.36 Å². The molecule has 124 valence electrons. The van der Waals surface area contributed by atoms with E-state index in [-0.39, 0.29) is 17.6 Å². The van der Waals surface area contributed by atoms with Crippen molar-refractivity contribution in [2.45, 2.75) is 26.3 Å². The van der Waals surface area contributed by atoms with Crippen LogP contribution in [-0.2, 0) is 17.8 Å². The molecule has 0 saturated heterocycles. The Balaban J connectivity index is 1.84. The Labute approximate surface area is 130 Å². The maximum Gasteiger partial charge on any atom is 0.573 e. The summed E-state index contributed by atoms with van der Waals surface area (Å²) in [5.41, 5.74) is 0.750. The summed E-state index contributed by atoms with van der Waals surface area (Å²) >= 11 is 0. The molecular weight excluding hydrogens is 311 g/mol. The summed E-state index contributed by atoms with van der Waals surface area (Å²) in [6.45, 7) is 2.05. The van der Waals surface area contributed by atoms with Gasteiger partial charge < -0.3 is 15.0 Å². The molecule has 23 heavy (non-hydrogen) atoms. The van der Waals surface area contributed by atoms with Gasteiger partial charge in [0.1, 0.15) is 11.6 Å². The van der Waals surface area contributed by atoms with Crippen LogP contribution in [0.2, 0.25) is 0 Å². The molecule has 1 aromatic heterocycles. The Bertz CT molecular complexity index is 624. The molecule has 0 aliphatic heterocycles. The average Bonchev–Trinajstić information content (AvgIpc) is 2.98. The van der Waals surface area contributed by atoms with Crippen molar-refractivity contribution in [1.29, 1.82) is 0 Å². The summed E-state index contributed by atoms with van der Waals surface area (Å²) in [6, 6.07) is 5.49. The molecule has 1 aromatic carbocycles. The molecule has 8 heteroatoms. The predicted molar refractivity (Wildman–Crippen MR) is 76.4 cm³/mol. The number of aromatic nitrogens is 2. The van der Waals surface area contributed by atoms with Crippen molar-refractivity contribution in [2.75, 3.05) is 0 Å². The van der Waals surface area contributed by atoms with Crippen LogP contribution in [0.3, 0.4) is 0 Å². The summed E-state index contributed by atoms with van der Waals surface area (Å²) < 4.78 is 40.0. The molecule has 1 amide bonds. The number of ether oxygens (including phenoxy) is 1. The van der Waals surface area contributed by atoms with Gasteiger partial charge in [0.2, 0.25) is 5.91 Å². The topological polar surface area (TPSA) is 67.0 Å². The normalized spacial score (nSPS) is 12.7. The molecule has 1 atom stereocenters. The molecule has 0 fully saturated rings. The van der Waals surface area contributed by atoms with Gasteiger partial charge in [-0.25, -0.2) is 4.98 Å². The van der Waals surface area contributed by atoms with Crippen LogP contribution in [0.25, 0.3) is 0 Å². The first-order valence-corrected chi connectivity index (χ1v) is 6.94. The molecule has 0 aliphatic carbocycles. The van der Waals surface area contributed by atoms with E-state index in [4.69, 9.17) is 0 Å². The number of H-pyrrole nitrogens is 1. The lowest BCUT2D eigenvalue weighted by molar-refractivity contribution is -0.274. The Kier molecular flexibility index (Phi) is 5.25. The fourth-order valence-corrected chi connectivity index (χ4v) is 2.01. The summed E-state index contributed by atoms with van der Waals surface area (Å²) in [4.78, 5) is 18.8. The van der Waals surface area contributed by atoms with Gasteiger partial charge in [-0.05, 0) is 24.1 Å². The van der Waals surface area contributed by atoms with Crippen molar-refractivity contribution in [3.8, 4) is 5.75 Å². The van der Waals surface area contributed by atoms with Gasteiger partial charge in [-0.3, -0.25) is 4.79 Å². The van der Waals surface area contributed by atoms with Crippen molar-refractivity contribution in [3.05, 3.63) is 48.0 Å². The molecular formula is C15H16F3N3O2. The number of carbonyl (C=O) groups is 1. The third kappa shape index (κ3) is 5.65. The first-order chi connectivity index (χ1) is 10.8. The van der Waals surface area contributed by atoms with Crippen molar-refractivity contribution >= 4 is 5.91 Å². The van der Waals surface area contributed by atoms with Gasteiger partial charge in [-0.15, -0.1) is 13.2 Å². The molecule has 0 saturated carbocycles. The molecule has 2 aromatic rings. The Hall–Kier alpha value is -2.51. The number of carbonyl (C=O) groups excluding carboxylic acids is 1. The van der Waals surface area contributed by atoms with Crippen molar-refractivity contribution in [3.63, 3.8) is 0 Å². The van der Waals surface area contributed by atoms with Crippen LogP contribution in [0, 0.1) is 5.92 Å². The highest BCUT2D eigenvalue weighted by Crippen LogP contribution is 2.23. The second-order valence-electron chi connectivity index (χ2n) is 5.05. The number of aromatic amines is 1. The lowest BCUT2D eigenvalue weighted by atomic mass is 10.0. The number of halogens is 3. The fraction of sp³-hybridized carbons (Fsp3) is 0.333. The van der Waals surface area contributed by atoms with E-state index in [1.54, 1.807) is 19.3 Å². The SMILES string of the molecule is CC(Cc1ccc(OC(F)(F)F)cc1)C(=O)NCc1ncc[nH]1. The molecule has 1 heterocycles. The number of nitrogens with one attached hydrogen (secondary N) is 2. The molecule has 5 nitrogen and oxygen atoms in total. The van der Waals surface area contributed by atoms with Crippen LogP contribution in [0.5, 0.6) is 5.75 Å². The van der Waals surface area contributed by atoms with Gasteiger partial charge in [0.15, 0.2) is 0 Å². The van der Waals surface area contributed by atoms with Gasteiger partial charge in [0, 0.05) is 18.3 Å². The number of hydrogen-bond acceptors (Lipinski definition) is 3. The molecule has 0 radical (unpaired) electrons. The van der Waals surface area contributed by atoms with Gasteiger partial charge in [0.05, 0.1) is 6.54 Å². The predicted octanol–water partition coefficient (Wildman–Crippen LogP) is 2.80. The molecule has 0 aliphatic rings. The van der Waals surface area contributed by atoms with E-state index in [0.29, 0.717) is 18.8 Å². The van der Waals surface area contributed by atoms with E-state index in [2.05, 4.69) is 20.0 Å². The maximum absolute atomic E-state index is 12.1. The quantitative estimate of drug-likeness (QED) is 0.857. The van der Waals surface area contributed by atoms with E-state index in [1.807, 2.05) is 0 Å². The largest absolute Gasteiger partial charge is 0.573 e. The van der Waals surface area contributed by atoms with E-state index in [9.17, 15) is 18.0 Å². The van der Waals surface area contributed by atoms with Crippen LogP contribution in [-0.4, -0.2) is 22.2 Å². The maximum atomic E-state index is 12.1. The van der Waals surface area contributed by atoms with Gasteiger partial charge in [0.25, 0.3) is 0 Å². The van der Waals surface area contributed by atoms with Crippen LogP contribution >= 0.6 is 0 Å². The zero-order chi connectivity index (χ0) is 16.9. The number of alkyl halides is 3. The Morgan fingerprint density at radius 2 is 2.04 bits per heavy atom. The molecule has 1 unspecified atom stereocenters. The third-order valence-corrected chi connectivity index (χ3v) is 3.13. The van der Waals surface area contributed by atoms with E-state index >= 15 is 0 Å². The van der Waals surface area contributed by atoms with Crippen molar-refractivity contribution < 1.29 is 22.7 Å². The highest BCUT2D eigenvalue weighted by molar-refractivity contribution is 5.78. The van der Waals surface area contributed by atoms with Crippen molar-refractivity contribution in [2.24, 2.45) is 5.92 Å². The second-order valence-corrected chi connectivity index (χ2v) is 5.05. The molecule has 2 rings (SSSR count). The minimum absolute atomic E-state index is 0.156. The minimum atomic E-state index is -4.71. The highest BCUT2D eigenvalue weighted by atomic mass is 19.4. The number of rotatable bonds is 6. The van der Waals surface area contributed by atoms with Gasteiger partial charge in [-0.2, -0.15) is 0 Å². The monoisotopic (exact) mass is 327 g/mol. The lowest BCUT2D eigenvalue weighted by Gasteiger charge is -2.13. The molecule has 0 bridgehead atoms. The molecule has 2 N–H and O–H groups in total. The lowest BCUT2D eigenvalue weighted by Crippen LogP contribution is -2.30. The first-order valence-electron chi connectivity index (χ1n) is 6.94. The van der Waals surface area contributed by atoms with E-state index in [0.717, 1.165) is 5.56 Å². The number of nitrogens with zero attached hydrogens (tertiary/aromatic N) is 1. The highest BCUT2D eigenvalue weighted by Gasteiger charge is 2.30. The Morgan fingerprint density at radius 1 is 1.35 bits per heavy atom. The number of imidazole rings is 1. The molecule has 0 spiro atoms. The van der Waals surface area contributed by atoms with E-state index < -0.39 is 6.36 Å². The van der Waals surface area contributed by atoms with Crippen LogP contribution in [0.4, 0.5) is 13.2 Å². The second kappa shape index (κ2) is 7.17. The summed E-state index contributed by atoms with van der Waals surface area (Å²) in [6.07, 6.45) is -1.04. The Morgan fingerprint density at radius 3 is 2.61 bits per heavy atom. The summed E-state index contributed by atoms with van der Waals surface area (Å²) in [5.74, 6) is -0.105. The zero-order valence-electron chi connectivity index (χ0n) is 12.4. The zero-order valence-corrected chi connectivity index (χ0v) is 12.4. The summed E-state index contributed by atoms with van der Waals surface area (Å²) in [7, 11) is 0. The fourth-order valence-electron chi connectivity index (χ4n) is 2.01. The number of benzene rings is 1. The van der Waals surface area contributed by atoms with E-state index in [1.165, 1.54) is 24.3 Å². The third-order valence-electron chi connectivity index (χ3n) is 3.13. The summed E-state index contributed by atoms with van der Waals surface area (Å²) in [5, 5.41) is 2.74. The number of amides is 1. The first kappa shape index (κ1) is 16.9. The van der Waals surface area contributed by atoms with Crippen LogP contribution in [0.1, 0.15) is 18.3 Å². The standard InChI is InChI=1S/C15H16F3N3O2/c1-10(14(22)21-9-13-19-6-7-20-13)8-11-2-4-12(5-3-11)23-15(16,17)18/h2-7,10H,8-9H2,1H3,(H,19,20)(H,21,22). The smallest absolute Gasteiger partial charge is 0.406 e. The average molecular weight is 327 g/mol. The van der Waals surface area contributed by atoms with Crippen molar-refractivity contribution in [1.82, 2.24) is 15.3 Å². The minimum Gasteiger partial charge on any atom is -0.406 e. The van der Waals surface area contributed by atoms with Crippen LogP contribution < -0.4 is 10.1 Å². The number of hydrogen-bond donors (Lipinski definition) is 2. The van der Waals surface area contributed by atoms with Gasteiger partial charge in [-0.1, -0.05) is 19.1 Å².